The number of hydrogen-bond acceptors (Lipinski definition) is 4. The maximum atomic E-state index is 8.91. The average molecular weight is 155 g/mol. The smallest absolute Gasteiger partial charge is 0.404 e. The van der Waals surface area contributed by atoms with Gasteiger partial charge in [0.05, 0.1) is 21.1 Å². The van der Waals surface area contributed by atoms with Crippen LogP contribution in [0.3, 0.4) is 0 Å². The minimum atomic E-state index is -4.86. The summed E-state index contributed by atoms with van der Waals surface area (Å²) >= 11 is 0. The third-order valence-electron chi connectivity index (χ3n) is 0. The van der Waals surface area contributed by atoms with Crippen LogP contribution in [0.4, 0.5) is 0 Å². The highest BCUT2D eigenvalue weighted by Gasteiger charge is 2.01. The van der Waals surface area contributed by atoms with Crippen LogP contribution in [0.1, 0.15) is 0 Å². The molecule has 0 rings (SSSR count). The van der Waals surface area contributed by atoms with Gasteiger partial charge >= 0.3 is 9.05 Å². The molecule has 0 unspecified atom stereocenters. The summed E-state index contributed by atoms with van der Waals surface area (Å²) in [5.74, 6) is 0. The first-order valence-corrected chi connectivity index (χ1v) is 4.12. The van der Waals surface area contributed by atoms with Crippen LogP contribution in [0.2, 0.25) is 0 Å². The average Bonchev–Trinajstić information content (AvgIpc) is 1.19. The van der Waals surface area contributed by atoms with E-state index in [1.54, 1.807) is 0 Å². The number of rotatable bonds is 0. The fraction of sp³-hybridized carbons (Fsp3) is 1.00. The van der Waals surface area contributed by atoms with Crippen LogP contribution in [0.15, 0.2) is 0 Å². The number of quaternary nitrogens is 1. The molecule has 0 aromatic carbocycles. The van der Waals surface area contributed by atoms with Crippen LogP contribution in [0, 0.1) is 0 Å². The lowest BCUT2D eigenvalue weighted by molar-refractivity contribution is -0.836. The van der Waals surface area contributed by atoms with Gasteiger partial charge in [0.1, 0.15) is 0 Å². The van der Waals surface area contributed by atoms with Crippen molar-refractivity contribution in [1.82, 2.24) is 0 Å². The summed E-state index contributed by atoms with van der Waals surface area (Å²) in [6.45, 7) is 0. The zero-order chi connectivity index (χ0) is 8.08. The van der Waals surface area contributed by atoms with Gasteiger partial charge in [0, 0.05) is 0 Å². The van der Waals surface area contributed by atoms with E-state index in [1.807, 2.05) is 0 Å². The first-order chi connectivity index (χ1) is 3.73. The van der Waals surface area contributed by atoms with E-state index < -0.39 is 9.05 Å². The summed E-state index contributed by atoms with van der Waals surface area (Å²) in [5, 5.41) is 0. The largest absolute Gasteiger partial charge is 0.794 e. The van der Waals surface area contributed by atoms with E-state index in [1.165, 1.54) is 4.90 Å². The molecule has 0 atom stereocenters. The first kappa shape index (κ1) is 11.8. The maximum Gasteiger partial charge on any atom is 0.404 e. The lowest BCUT2D eigenvalue weighted by atomic mass is 11.0. The van der Waals surface area contributed by atoms with E-state index in [9.17, 15) is 0 Å². The normalized spacial score (nSPS) is 10.7. The predicted octanol–water partition coefficient (Wildman–Crippen LogP) is -4.48. The van der Waals surface area contributed by atoms with Crippen LogP contribution >= 0.6 is 0 Å². The van der Waals surface area contributed by atoms with Crippen molar-refractivity contribution in [3.8, 4) is 0 Å². The Morgan fingerprint density at radius 1 is 1.11 bits per heavy atom. The van der Waals surface area contributed by atoms with E-state index in [0.29, 0.717) is 0 Å². The Morgan fingerprint density at radius 3 is 1.11 bits per heavy atom. The molecule has 0 radical (unpaired) electrons. The molecule has 0 spiro atoms. The van der Waals surface area contributed by atoms with Gasteiger partial charge in [-0.05, 0) is 0 Å². The molecule has 0 aliphatic heterocycles. The monoisotopic (exact) mass is 155 g/mol. The molecular formula is C3H13NO4Si. The molecule has 0 aromatic rings. The van der Waals surface area contributed by atoms with Gasteiger partial charge in [-0.25, -0.2) is 0 Å². The van der Waals surface area contributed by atoms with Crippen molar-refractivity contribution in [2.75, 3.05) is 21.1 Å². The quantitative estimate of drug-likeness (QED) is 0.266. The third kappa shape index (κ3) is 1020000. The Labute approximate surface area is 55.3 Å². The molecule has 0 bridgehead atoms. The third-order valence-corrected chi connectivity index (χ3v) is 0. The summed E-state index contributed by atoms with van der Waals surface area (Å²) in [4.78, 5) is 32.0. The summed E-state index contributed by atoms with van der Waals surface area (Å²) in [5.41, 5.74) is 0. The van der Waals surface area contributed by atoms with E-state index in [-0.39, 0.29) is 0 Å². The zero-order valence-corrected chi connectivity index (χ0v) is 6.75. The standard InChI is InChI=1S/C3H9N.H3O4Si/c1-4(2)3;1-5(2,3)4/h1-3H3;1-3H/q;-1/p+1. The highest BCUT2D eigenvalue weighted by atomic mass is 28.4. The highest BCUT2D eigenvalue weighted by molar-refractivity contribution is 6.44. The molecule has 9 heavy (non-hydrogen) atoms. The predicted molar refractivity (Wildman–Crippen MR) is 31.1 cm³/mol. The molecule has 0 aliphatic rings. The maximum absolute atomic E-state index is 8.91. The van der Waals surface area contributed by atoms with Crippen LogP contribution < -0.4 is 9.70 Å². The first-order valence-electron chi connectivity index (χ1n) is 2.37. The van der Waals surface area contributed by atoms with Gasteiger partial charge in [-0.1, -0.05) is 0 Å². The molecule has 0 saturated heterocycles. The van der Waals surface area contributed by atoms with Crippen molar-refractivity contribution in [2.45, 2.75) is 0 Å². The van der Waals surface area contributed by atoms with Gasteiger partial charge in [0.2, 0.25) is 0 Å². The zero-order valence-electron chi connectivity index (χ0n) is 5.75. The van der Waals surface area contributed by atoms with Crippen molar-refractivity contribution in [3.63, 3.8) is 0 Å². The van der Waals surface area contributed by atoms with Gasteiger partial charge in [-0.3, -0.25) is 0 Å². The van der Waals surface area contributed by atoms with E-state index >= 15 is 0 Å². The van der Waals surface area contributed by atoms with Gasteiger partial charge < -0.3 is 24.1 Å². The Morgan fingerprint density at radius 2 is 1.11 bits per heavy atom. The van der Waals surface area contributed by atoms with Gasteiger partial charge in [-0.15, -0.1) is 0 Å². The molecule has 0 amide bonds. The molecule has 0 heterocycles. The molecule has 0 aromatic heterocycles. The van der Waals surface area contributed by atoms with Gasteiger partial charge in [0.15, 0.2) is 0 Å². The molecule has 0 fully saturated rings. The molecular weight excluding hydrogens is 142 g/mol. The molecule has 5 nitrogen and oxygen atoms in total. The molecule has 6 heteroatoms. The minimum absolute atomic E-state index is 1.42. The van der Waals surface area contributed by atoms with E-state index in [2.05, 4.69) is 21.1 Å². The Bertz CT molecular complexity index is 52.6. The molecule has 4 N–H and O–H groups in total. The van der Waals surface area contributed by atoms with Crippen LogP contribution in [-0.4, -0.2) is 44.6 Å². The Balaban J connectivity index is 0. The van der Waals surface area contributed by atoms with Crippen LogP contribution in [0.5, 0.6) is 0 Å². The van der Waals surface area contributed by atoms with Crippen molar-refractivity contribution in [3.05, 3.63) is 0 Å². The second-order valence-corrected chi connectivity index (χ2v) is 3.22. The minimum Gasteiger partial charge on any atom is -0.794 e. The summed E-state index contributed by atoms with van der Waals surface area (Å²) in [6, 6.07) is 0. The molecule has 0 aliphatic carbocycles. The number of nitrogens with one attached hydrogen (secondary N) is 1. The number of hydrogen-bond donors (Lipinski definition) is 4. The Kier molecular flexibility index (Phi) is 6.35. The van der Waals surface area contributed by atoms with E-state index in [4.69, 9.17) is 19.2 Å². The van der Waals surface area contributed by atoms with Gasteiger partial charge in [0.25, 0.3) is 0 Å². The second kappa shape index (κ2) is 4.85. The van der Waals surface area contributed by atoms with Crippen molar-refractivity contribution in [2.24, 2.45) is 0 Å². The lowest BCUT2D eigenvalue weighted by Gasteiger charge is -2.11. The van der Waals surface area contributed by atoms with Crippen LogP contribution in [-0.2, 0) is 0 Å². The van der Waals surface area contributed by atoms with Crippen molar-refractivity contribution < 1.29 is 24.1 Å². The molecule has 58 valence electrons. The summed E-state index contributed by atoms with van der Waals surface area (Å²) < 4.78 is 0. The SMILES string of the molecule is C[NH+](C)C.[O-][Si](O)(O)O. The van der Waals surface area contributed by atoms with Crippen molar-refractivity contribution >= 4 is 9.05 Å². The van der Waals surface area contributed by atoms with E-state index in [0.717, 1.165) is 0 Å². The Hall–Kier alpha value is 0.0169. The second-order valence-electron chi connectivity index (χ2n) is 2.07. The lowest BCUT2D eigenvalue weighted by Crippen LogP contribution is -3.02. The van der Waals surface area contributed by atoms with Crippen molar-refractivity contribution in [1.29, 1.82) is 0 Å². The fourth-order valence-corrected chi connectivity index (χ4v) is 0. The topological polar surface area (TPSA) is 88.2 Å². The summed E-state index contributed by atoms with van der Waals surface area (Å²) in [6.07, 6.45) is 0. The van der Waals surface area contributed by atoms with Crippen LogP contribution in [0.25, 0.3) is 0 Å². The van der Waals surface area contributed by atoms with Gasteiger partial charge in [-0.2, -0.15) is 0 Å². The fourth-order valence-electron chi connectivity index (χ4n) is 0. The molecule has 0 saturated carbocycles. The highest BCUT2D eigenvalue weighted by Crippen LogP contribution is 1.58. The summed E-state index contributed by atoms with van der Waals surface area (Å²) in [7, 11) is 1.39.